The third-order valence-corrected chi connectivity index (χ3v) is 4.42. The van der Waals surface area contributed by atoms with Crippen LogP contribution in [0.5, 0.6) is 5.75 Å². The van der Waals surface area contributed by atoms with Gasteiger partial charge in [0.1, 0.15) is 17.1 Å². The fourth-order valence-corrected chi connectivity index (χ4v) is 2.94. The summed E-state index contributed by atoms with van der Waals surface area (Å²) in [5.41, 5.74) is 7.70. The van der Waals surface area contributed by atoms with Crippen molar-refractivity contribution in [2.45, 2.75) is 18.9 Å². The number of amides is 1. The van der Waals surface area contributed by atoms with Crippen LogP contribution in [0.15, 0.2) is 36.4 Å². The molecule has 3 N–H and O–H groups in total. The molecule has 6 nitrogen and oxygen atoms in total. The summed E-state index contributed by atoms with van der Waals surface area (Å²) in [5.74, 6) is -0.394. The Balaban J connectivity index is 1.88. The summed E-state index contributed by atoms with van der Waals surface area (Å²) in [6.45, 7) is 0. The number of nitrogens with two attached hydrogens (primary N) is 1. The highest BCUT2D eigenvalue weighted by Crippen LogP contribution is 2.37. The third kappa shape index (κ3) is 2.71. The van der Waals surface area contributed by atoms with Crippen LogP contribution in [0.3, 0.4) is 0 Å². The molecule has 0 aliphatic heterocycles. The largest absolute Gasteiger partial charge is 0.496 e. The number of anilines is 1. The maximum absolute atomic E-state index is 14.5. The van der Waals surface area contributed by atoms with Crippen LogP contribution < -0.4 is 15.8 Å². The molecule has 3 aromatic rings. The number of benzene rings is 2. The normalized spacial score (nSPS) is 13.6. The van der Waals surface area contributed by atoms with E-state index in [0.717, 1.165) is 12.8 Å². The van der Waals surface area contributed by atoms with Crippen LogP contribution in [-0.4, -0.2) is 29.3 Å². The number of halogens is 1. The predicted octanol–water partition coefficient (Wildman–Crippen LogP) is 2.92. The minimum absolute atomic E-state index is 0.0852. The lowest BCUT2D eigenvalue weighted by molar-refractivity contribution is 0.0946. The molecule has 1 saturated carbocycles. The number of nitrogens with one attached hydrogen (secondary N) is 1. The summed E-state index contributed by atoms with van der Waals surface area (Å²) in [7, 11) is 1.48. The summed E-state index contributed by atoms with van der Waals surface area (Å²) in [5, 5.41) is 11.6. The van der Waals surface area contributed by atoms with Crippen molar-refractivity contribution in [2.75, 3.05) is 12.8 Å². The molecule has 0 radical (unpaired) electrons. The fraction of sp³-hybridized carbons (Fsp3) is 0.211. The molecule has 1 heterocycles. The van der Waals surface area contributed by atoms with Gasteiger partial charge in [-0.25, -0.2) is 4.39 Å². The van der Waals surface area contributed by atoms with Gasteiger partial charge in [-0.05, 0) is 25.0 Å². The molecule has 4 rings (SSSR count). The lowest BCUT2D eigenvalue weighted by Gasteiger charge is -2.13. The molecule has 1 aliphatic rings. The molecular weight excluding hydrogens is 335 g/mol. The lowest BCUT2D eigenvalue weighted by Crippen LogP contribution is -2.27. The first-order valence-electron chi connectivity index (χ1n) is 8.28. The van der Waals surface area contributed by atoms with E-state index in [0.29, 0.717) is 22.2 Å². The third-order valence-electron chi connectivity index (χ3n) is 4.42. The Morgan fingerprint density at radius 3 is 2.73 bits per heavy atom. The molecule has 2 aromatic carbocycles. The van der Waals surface area contributed by atoms with Crippen LogP contribution in [0.2, 0.25) is 0 Å². The molecule has 0 saturated heterocycles. The highest BCUT2D eigenvalue weighted by atomic mass is 19.1. The van der Waals surface area contributed by atoms with Gasteiger partial charge in [0.25, 0.3) is 5.91 Å². The van der Waals surface area contributed by atoms with Gasteiger partial charge in [0.05, 0.1) is 18.4 Å². The maximum Gasteiger partial charge on any atom is 0.274 e. The van der Waals surface area contributed by atoms with E-state index in [1.165, 1.54) is 13.2 Å². The van der Waals surface area contributed by atoms with Crippen molar-refractivity contribution < 1.29 is 13.9 Å². The van der Waals surface area contributed by atoms with E-state index in [-0.39, 0.29) is 28.9 Å². The van der Waals surface area contributed by atoms with Crippen LogP contribution in [-0.2, 0) is 0 Å². The topological polar surface area (TPSA) is 90.1 Å². The van der Waals surface area contributed by atoms with Gasteiger partial charge < -0.3 is 15.8 Å². The van der Waals surface area contributed by atoms with Crippen molar-refractivity contribution in [3.8, 4) is 16.9 Å². The number of nitrogens with zero attached hydrogens (tertiary/aromatic N) is 2. The molecule has 7 heteroatoms. The molecule has 1 fully saturated rings. The number of hydrogen-bond donors (Lipinski definition) is 2. The Kier molecular flexibility index (Phi) is 3.91. The number of aromatic nitrogens is 2. The van der Waals surface area contributed by atoms with Crippen LogP contribution in [0.4, 0.5) is 10.1 Å². The summed E-state index contributed by atoms with van der Waals surface area (Å²) in [4.78, 5) is 12.3. The number of rotatable bonds is 4. The van der Waals surface area contributed by atoms with Crippen molar-refractivity contribution in [3.05, 3.63) is 47.9 Å². The number of ether oxygens (including phenoxy) is 1. The second-order valence-corrected chi connectivity index (χ2v) is 6.23. The van der Waals surface area contributed by atoms with Gasteiger partial charge in [-0.1, -0.05) is 24.3 Å². The highest BCUT2D eigenvalue weighted by molar-refractivity contribution is 6.08. The molecular formula is C19H17FN4O2. The Bertz CT molecular complexity index is 1020. The van der Waals surface area contributed by atoms with E-state index in [9.17, 15) is 9.18 Å². The second kappa shape index (κ2) is 6.25. The monoisotopic (exact) mass is 352 g/mol. The van der Waals surface area contributed by atoms with Gasteiger partial charge in [-0.3, -0.25) is 4.79 Å². The van der Waals surface area contributed by atoms with Crippen LogP contribution in [0.25, 0.3) is 22.0 Å². The van der Waals surface area contributed by atoms with Crippen molar-refractivity contribution in [1.82, 2.24) is 15.5 Å². The molecule has 1 aromatic heterocycles. The summed E-state index contributed by atoms with van der Waals surface area (Å²) in [6, 6.07) is 9.99. The molecule has 26 heavy (non-hydrogen) atoms. The zero-order valence-corrected chi connectivity index (χ0v) is 14.1. The minimum atomic E-state index is -0.437. The van der Waals surface area contributed by atoms with Crippen molar-refractivity contribution in [1.29, 1.82) is 0 Å². The smallest absolute Gasteiger partial charge is 0.274 e. The van der Waals surface area contributed by atoms with Gasteiger partial charge in [-0.2, -0.15) is 0 Å². The first-order chi connectivity index (χ1) is 12.6. The number of carbonyl (C=O) groups is 1. The van der Waals surface area contributed by atoms with Gasteiger partial charge in [0.15, 0.2) is 5.69 Å². The SMILES string of the molecule is COc1cccc(F)c1-c1cccc2c(N)c(C(=O)NC3CC3)nnc12. The maximum atomic E-state index is 14.5. The number of fused-ring (bicyclic) bond motifs is 1. The number of hydrogen-bond acceptors (Lipinski definition) is 5. The number of methoxy groups -OCH3 is 1. The van der Waals surface area contributed by atoms with E-state index >= 15 is 0 Å². The lowest BCUT2D eigenvalue weighted by atomic mass is 9.99. The average Bonchev–Trinajstić information content (AvgIpc) is 3.45. The van der Waals surface area contributed by atoms with E-state index in [1.807, 2.05) is 0 Å². The second-order valence-electron chi connectivity index (χ2n) is 6.23. The summed E-state index contributed by atoms with van der Waals surface area (Å²) in [6.07, 6.45) is 1.92. The molecule has 0 spiro atoms. The zero-order chi connectivity index (χ0) is 18.3. The van der Waals surface area contributed by atoms with Gasteiger partial charge >= 0.3 is 0 Å². The van der Waals surface area contributed by atoms with Crippen molar-refractivity contribution in [3.63, 3.8) is 0 Å². The predicted molar refractivity (Wildman–Crippen MR) is 96.4 cm³/mol. The van der Waals surface area contributed by atoms with Crippen LogP contribution in [0, 0.1) is 5.82 Å². The average molecular weight is 352 g/mol. The Morgan fingerprint density at radius 2 is 2.00 bits per heavy atom. The molecule has 0 unspecified atom stereocenters. The fourth-order valence-electron chi connectivity index (χ4n) is 2.94. The number of carbonyl (C=O) groups excluding carboxylic acids is 1. The van der Waals surface area contributed by atoms with Crippen LogP contribution in [0.1, 0.15) is 23.3 Å². The zero-order valence-electron chi connectivity index (χ0n) is 14.1. The molecule has 0 bridgehead atoms. The Labute approximate surface area is 149 Å². The van der Waals surface area contributed by atoms with Crippen molar-refractivity contribution in [2.24, 2.45) is 0 Å². The molecule has 132 valence electrons. The summed E-state index contributed by atoms with van der Waals surface area (Å²) < 4.78 is 19.8. The van der Waals surface area contributed by atoms with Gasteiger partial charge in [0.2, 0.25) is 0 Å². The van der Waals surface area contributed by atoms with Crippen LogP contribution >= 0.6 is 0 Å². The Hall–Kier alpha value is -3.22. The van der Waals surface area contributed by atoms with E-state index in [2.05, 4.69) is 15.5 Å². The molecule has 0 atom stereocenters. The van der Waals surface area contributed by atoms with Crippen molar-refractivity contribution >= 4 is 22.5 Å². The van der Waals surface area contributed by atoms with E-state index in [1.54, 1.807) is 30.3 Å². The first-order valence-corrected chi connectivity index (χ1v) is 8.28. The summed E-state index contributed by atoms with van der Waals surface area (Å²) >= 11 is 0. The minimum Gasteiger partial charge on any atom is -0.496 e. The standard InChI is InChI=1S/C19H17FN4O2/c1-26-14-7-3-6-13(20)15(14)11-4-2-5-12-16(21)18(24-23-17(11)12)19(25)22-10-8-9-10/h2-7,10H,8-9H2,1H3,(H2,21,23)(H,22,25). The van der Waals surface area contributed by atoms with E-state index < -0.39 is 5.82 Å². The highest BCUT2D eigenvalue weighted by Gasteiger charge is 2.26. The Morgan fingerprint density at radius 1 is 1.23 bits per heavy atom. The van der Waals surface area contributed by atoms with Gasteiger partial charge in [0, 0.05) is 17.0 Å². The quantitative estimate of drug-likeness (QED) is 0.753. The van der Waals surface area contributed by atoms with Gasteiger partial charge in [-0.15, -0.1) is 10.2 Å². The van der Waals surface area contributed by atoms with E-state index in [4.69, 9.17) is 10.5 Å². The molecule has 1 amide bonds. The first kappa shape index (κ1) is 16.3. The molecule has 1 aliphatic carbocycles. The number of nitrogen functional groups attached to an aromatic ring is 1.